The van der Waals surface area contributed by atoms with Gasteiger partial charge in [0.2, 0.25) is 5.13 Å². The van der Waals surface area contributed by atoms with Crippen LogP contribution in [0.1, 0.15) is 24.6 Å². The lowest BCUT2D eigenvalue weighted by atomic mass is 10.0. The summed E-state index contributed by atoms with van der Waals surface area (Å²) in [5.74, 6) is 2.00. The van der Waals surface area contributed by atoms with Gasteiger partial charge < -0.3 is 4.90 Å². The summed E-state index contributed by atoms with van der Waals surface area (Å²) < 4.78 is 6.03. The zero-order valence-corrected chi connectivity index (χ0v) is 15.0. The minimum Gasteiger partial charge on any atom is -0.346 e. The molecule has 3 aromatic heterocycles. The molecule has 0 aromatic carbocycles. The van der Waals surface area contributed by atoms with Crippen LogP contribution in [0.2, 0.25) is 0 Å². The third kappa shape index (κ3) is 3.01. The molecule has 0 amide bonds. The topological polar surface area (TPSA) is 76.8 Å². The van der Waals surface area contributed by atoms with E-state index in [0.717, 1.165) is 35.3 Å². The number of anilines is 1. The molecular weight excluding hydrogens is 348 g/mol. The molecule has 0 N–H and O–H groups in total. The Morgan fingerprint density at radius 2 is 2.08 bits per heavy atom. The normalized spacial score (nSPS) is 17.3. The quantitative estimate of drug-likeness (QED) is 0.689. The smallest absolute Gasteiger partial charge is 0.266 e. The maximum Gasteiger partial charge on any atom is 0.266 e. The molecule has 8 heteroatoms. The van der Waals surface area contributed by atoms with E-state index in [0.29, 0.717) is 18.4 Å². The fraction of sp³-hybridized carbons (Fsp3) is 0.389. The molecule has 0 spiro atoms. The van der Waals surface area contributed by atoms with E-state index in [2.05, 4.69) is 24.3 Å². The van der Waals surface area contributed by atoms with Crippen LogP contribution in [0.3, 0.4) is 0 Å². The minimum atomic E-state index is -0.0666. The SMILES string of the molecule is O=c1ccc(-c2cccnc2)nn1CC1CN(c2nc(C3CC3)ns2)C1. The predicted molar refractivity (Wildman–Crippen MR) is 99.3 cm³/mol. The van der Waals surface area contributed by atoms with Crippen molar-refractivity contribution in [3.05, 3.63) is 52.8 Å². The second kappa shape index (κ2) is 6.28. The van der Waals surface area contributed by atoms with Crippen LogP contribution < -0.4 is 10.5 Å². The summed E-state index contributed by atoms with van der Waals surface area (Å²) in [7, 11) is 0. The van der Waals surface area contributed by atoms with Crippen molar-refractivity contribution in [1.29, 1.82) is 0 Å². The van der Waals surface area contributed by atoms with Crippen LogP contribution in [-0.2, 0) is 6.54 Å². The Bertz CT molecular complexity index is 975. The molecule has 132 valence electrons. The molecule has 0 bridgehead atoms. The molecule has 2 fully saturated rings. The lowest BCUT2D eigenvalue weighted by Crippen LogP contribution is -2.49. The molecule has 0 radical (unpaired) electrons. The summed E-state index contributed by atoms with van der Waals surface area (Å²) in [5, 5.41) is 5.52. The molecule has 1 saturated carbocycles. The Morgan fingerprint density at radius 1 is 1.19 bits per heavy atom. The van der Waals surface area contributed by atoms with E-state index in [1.165, 1.54) is 24.4 Å². The first-order valence-electron chi connectivity index (χ1n) is 8.83. The van der Waals surface area contributed by atoms with Crippen LogP contribution in [-0.4, -0.2) is 37.2 Å². The van der Waals surface area contributed by atoms with E-state index in [4.69, 9.17) is 0 Å². The van der Waals surface area contributed by atoms with Gasteiger partial charge in [-0.1, -0.05) is 0 Å². The maximum atomic E-state index is 12.2. The van der Waals surface area contributed by atoms with E-state index in [1.54, 1.807) is 29.2 Å². The van der Waals surface area contributed by atoms with Gasteiger partial charge in [0.15, 0.2) is 0 Å². The Kier molecular flexibility index (Phi) is 3.77. The van der Waals surface area contributed by atoms with Gasteiger partial charge in [-0.2, -0.15) is 9.47 Å². The first-order valence-corrected chi connectivity index (χ1v) is 9.61. The summed E-state index contributed by atoms with van der Waals surface area (Å²) in [6.45, 7) is 2.41. The van der Waals surface area contributed by atoms with Gasteiger partial charge in [0.05, 0.1) is 12.2 Å². The molecule has 7 nitrogen and oxygen atoms in total. The monoisotopic (exact) mass is 366 g/mol. The van der Waals surface area contributed by atoms with Gasteiger partial charge in [0.25, 0.3) is 5.56 Å². The summed E-state index contributed by atoms with van der Waals surface area (Å²) in [5.41, 5.74) is 1.62. The van der Waals surface area contributed by atoms with Gasteiger partial charge in [0.1, 0.15) is 5.82 Å². The highest BCUT2D eigenvalue weighted by molar-refractivity contribution is 7.09. The van der Waals surface area contributed by atoms with Gasteiger partial charge in [-0.3, -0.25) is 9.78 Å². The number of pyridine rings is 1. The van der Waals surface area contributed by atoms with Gasteiger partial charge in [0, 0.05) is 60.5 Å². The highest BCUT2D eigenvalue weighted by Crippen LogP contribution is 2.40. The standard InChI is InChI=1S/C18H18N6OS/c25-16-6-5-15(14-2-1-7-19-8-14)21-24(16)11-12-9-23(10-12)18-20-17(22-26-18)13-3-4-13/h1-2,5-8,12-13H,3-4,9-11H2. The zero-order chi connectivity index (χ0) is 17.5. The van der Waals surface area contributed by atoms with Crippen LogP contribution in [0.25, 0.3) is 11.3 Å². The number of rotatable bonds is 5. The van der Waals surface area contributed by atoms with Crippen LogP contribution in [0.15, 0.2) is 41.5 Å². The fourth-order valence-electron chi connectivity index (χ4n) is 3.20. The Balaban J connectivity index is 1.26. The van der Waals surface area contributed by atoms with Crippen LogP contribution >= 0.6 is 11.5 Å². The molecule has 4 heterocycles. The van der Waals surface area contributed by atoms with Crippen molar-refractivity contribution >= 4 is 16.7 Å². The van der Waals surface area contributed by atoms with Crippen molar-refractivity contribution in [2.24, 2.45) is 5.92 Å². The first-order chi connectivity index (χ1) is 12.8. The van der Waals surface area contributed by atoms with Crippen molar-refractivity contribution in [2.45, 2.75) is 25.3 Å². The number of hydrogen-bond acceptors (Lipinski definition) is 7. The van der Waals surface area contributed by atoms with E-state index in [-0.39, 0.29) is 5.56 Å². The molecule has 0 atom stereocenters. The van der Waals surface area contributed by atoms with E-state index in [9.17, 15) is 4.79 Å². The van der Waals surface area contributed by atoms with Gasteiger partial charge in [-0.05, 0) is 31.0 Å². The number of aromatic nitrogens is 5. The molecule has 2 aliphatic rings. The van der Waals surface area contributed by atoms with E-state index in [1.807, 2.05) is 12.1 Å². The molecule has 5 rings (SSSR count). The van der Waals surface area contributed by atoms with Crippen molar-refractivity contribution < 1.29 is 0 Å². The Hall–Kier alpha value is -2.61. The largest absolute Gasteiger partial charge is 0.346 e. The van der Waals surface area contributed by atoms with Gasteiger partial charge >= 0.3 is 0 Å². The molecule has 1 aliphatic carbocycles. The predicted octanol–water partition coefficient (Wildman–Crippen LogP) is 2.17. The maximum absolute atomic E-state index is 12.2. The van der Waals surface area contributed by atoms with Gasteiger partial charge in [-0.25, -0.2) is 9.67 Å². The summed E-state index contributed by atoms with van der Waals surface area (Å²) in [6, 6.07) is 7.15. The lowest BCUT2D eigenvalue weighted by Gasteiger charge is -2.38. The third-order valence-electron chi connectivity index (χ3n) is 4.86. The first kappa shape index (κ1) is 15.6. The molecule has 26 heavy (non-hydrogen) atoms. The lowest BCUT2D eigenvalue weighted by molar-refractivity contribution is 0.335. The molecule has 1 saturated heterocycles. The van der Waals surface area contributed by atoms with Crippen molar-refractivity contribution in [3.63, 3.8) is 0 Å². The van der Waals surface area contributed by atoms with Crippen molar-refractivity contribution in [2.75, 3.05) is 18.0 Å². The Labute approximate surface area is 154 Å². The molecule has 1 aliphatic heterocycles. The second-order valence-electron chi connectivity index (χ2n) is 6.96. The van der Waals surface area contributed by atoms with E-state index < -0.39 is 0 Å². The number of hydrogen-bond donors (Lipinski definition) is 0. The Morgan fingerprint density at radius 3 is 2.85 bits per heavy atom. The van der Waals surface area contributed by atoms with Crippen molar-refractivity contribution in [3.8, 4) is 11.3 Å². The summed E-state index contributed by atoms with van der Waals surface area (Å²) in [6.07, 6.45) is 5.93. The van der Waals surface area contributed by atoms with Crippen molar-refractivity contribution in [1.82, 2.24) is 24.1 Å². The average molecular weight is 366 g/mol. The second-order valence-corrected chi connectivity index (χ2v) is 7.69. The van der Waals surface area contributed by atoms with Crippen LogP contribution in [0.5, 0.6) is 0 Å². The molecule has 0 unspecified atom stereocenters. The van der Waals surface area contributed by atoms with Crippen LogP contribution in [0.4, 0.5) is 5.13 Å². The average Bonchev–Trinajstić information content (AvgIpc) is 3.38. The minimum absolute atomic E-state index is 0.0666. The molecular formula is C18H18N6OS. The highest BCUT2D eigenvalue weighted by atomic mass is 32.1. The summed E-state index contributed by atoms with van der Waals surface area (Å²) >= 11 is 1.49. The van der Waals surface area contributed by atoms with Crippen LogP contribution in [0, 0.1) is 5.92 Å². The highest BCUT2D eigenvalue weighted by Gasteiger charge is 2.33. The fourth-order valence-corrected chi connectivity index (χ4v) is 3.96. The molecule has 3 aromatic rings. The summed E-state index contributed by atoms with van der Waals surface area (Å²) in [4.78, 5) is 23.2. The zero-order valence-electron chi connectivity index (χ0n) is 14.2. The number of nitrogens with zero attached hydrogens (tertiary/aromatic N) is 6. The van der Waals surface area contributed by atoms with E-state index >= 15 is 0 Å². The van der Waals surface area contributed by atoms with Gasteiger partial charge in [-0.15, -0.1) is 0 Å². The third-order valence-corrected chi connectivity index (χ3v) is 5.65.